The number of carbonyl (C=O) groups is 2. The highest BCUT2D eigenvalue weighted by Crippen LogP contribution is 2.19. The molecule has 0 aromatic carbocycles. The van der Waals surface area contributed by atoms with Gasteiger partial charge in [-0.25, -0.2) is 0 Å². The minimum Gasteiger partial charge on any atom is -0.466 e. The Morgan fingerprint density at radius 2 is 0.580 bits per heavy atom. The van der Waals surface area contributed by atoms with E-state index >= 15 is 0 Å². The lowest BCUT2D eigenvalue weighted by molar-refractivity contribution is -0.143. The smallest absolute Gasteiger partial charge is 0.305 e. The fourth-order valence-corrected chi connectivity index (χ4v) is 11.8. The number of unbranched alkanes of at least 4 members (excludes halogenated alkanes) is 57. The Kier molecular flexibility index (Phi) is 69.4. The predicted octanol–water partition coefficient (Wildman–Crippen LogP) is 24.1. The largest absolute Gasteiger partial charge is 0.466 e. The number of ether oxygens (including phenoxy) is 1. The molecule has 0 saturated heterocycles. The van der Waals surface area contributed by atoms with Crippen molar-refractivity contribution in [2.24, 2.45) is 0 Å². The summed E-state index contributed by atoms with van der Waals surface area (Å²) in [6, 6.07) is -0.629. The van der Waals surface area contributed by atoms with Gasteiger partial charge in [0.1, 0.15) is 0 Å². The zero-order chi connectivity index (χ0) is 58.5. The van der Waals surface area contributed by atoms with E-state index in [1.807, 2.05) is 6.08 Å². The molecule has 0 rings (SSSR count). The molecule has 0 aliphatic carbocycles. The van der Waals surface area contributed by atoms with Crippen molar-refractivity contribution in [3.05, 3.63) is 24.3 Å². The van der Waals surface area contributed by atoms with Crippen molar-refractivity contribution in [3.8, 4) is 0 Å². The molecule has 0 saturated carbocycles. The number of hydrogen-bond donors (Lipinski definition) is 3. The first kappa shape index (κ1) is 79.3. The third-order valence-electron chi connectivity index (χ3n) is 17.5. The Morgan fingerprint density at radius 1 is 0.333 bits per heavy atom. The lowest BCUT2D eigenvalue weighted by Crippen LogP contribution is -2.45. The van der Waals surface area contributed by atoms with Crippen LogP contribution in [0.4, 0.5) is 0 Å². The quantitative estimate of drug-likeness (QED) is 0.0320. The minimum absolute atomic E-state index is 0.0185. The first-order chi connectivity index (χ1) is 40.0. The number of nitrogens with one attached hydrogen (secondary N) is 1. The molecule has 2 unspecified atom stereocenters. The van der Waals surface area contributed by atoms with Crippen molar-refractivity contribution in [3.63, 3.8) is 0 Å². The normalized spacial score (nSPS) is 12.6. The third kappa shape index (κ3) is 67.3. The average Bonchev–Trinajstić information content (AvgIpc) is 3.47. The molecule has 0 aromatic rings. The second-order valence-corrected chi connectivity index (χ2v) is 25.6. The van der Waals surface area contributed by atoms with Crippen molar-refractivity contribution in [2.45, 2.75) is 431 Å². The van der Waals surface area contributed by atoms with E-state index in [0.29, 0.717) is 19.4 Å². The molecule has 1 amide bonds. The fraction of sp³-hybridized carbons (Fsp3) is 0.920. The zero-order valence-electron chi connectivity index (χ0n) is 55.0. The van der Waals surface area contributed by atoms with E-state index in [-0.39, 0.29) is 18.5 Å². The van der Waals surface area contributed by atoms with Gasteiger partial charge in [0.05, 0.1) is 25.4 Å². The molecule has 0 aromatic heterocycles. The third-order valence-corrected chi connectivity index (χ3v) is 17.5. The molecule has 480 valence electrons. The Hall–Kier alpha value is -1.66. The Labute approximate surface area is 507 Å². The van der Waals surface area contributed by atoms with E-state index in [9.17, 15) is 19.8 Å². The van der Waals surface area contributed by atoms with Crippen LogP contribution < -0.4 is 5.32 Å². The Morgan fingerprint density at radius 3 is 0.877 bits per heavy atom. The number of allylic oxidation sites excluding steroid dienone is 3. The first-order valence-corrected chi connectivity index (χ1v) is 37.1. The summed E-state index contributed by atoms with van der Waals surface area (Å²) in [7, 11) is 0. The van der Waals surface area contributed by atoms with Crippen molar-refractivity contribution in [1.29, 1.82) is 0 Å². The predicted molar refractivity (Wildman–Crippen MR) is 356 cm³/mol. The summed E-state index contributed by atoms with van der Waals surface area (Å²) in [5.74, 6) is -0.0457. The van der Waals surface area contributed by atoms with E-state index in [4.69, 9.17) is 4.74 Å². The molecular formula is C75H145NO5. The van der Waals surface area contributed by atoms with Crippen LogP contribution in [-0.2, 0) is 14.3 Å². The van der Waals surface area contributed by atoms with Gasteiger partial charge in [0.25, 0.3) is 0 Å². The van der Waals surface area contributed by atoms with E-state index in [0.717, 1.165) is 38.5 Å². The molecule has 0 aliphatic heterocycles. The van der Waals surface area contributed by atoms with Gasteiger partial charge < -0.3 is 20.3 Å². The van der Waals surface area contributed by atoms with Gasteiger partial charge in [-0.3, -0.25) is 9.59 Å². The molecule has 6 nitrogen and oxygen atoms in total. The number of rotatable bonds is 70. The second-order valence-electron chi connectivity index (χ2n) is 25.6. The SMILES string of the molecule is CCCCCCCCCCCCCCCCCCCCCC/C=C/C(O)C(CO)NC(=O)CCCCCCCCCCCCC/C=C\CCCCCCCCCCCCCCOC(=O)CCCCCCCCCCCCCCCCC. The molecule has 81 heavy (non-hydrogen) atoms. The molecular weight excluding hydrogens is 995 g/mol. The van der Waals surface area contributed by atoms with Crippen LogP contribution in [0.1, 0.15) is 418 Å². The summed E-state index contributed by atoms with van der Waals surface area (Å²) in [4.78, 5) is 24.6. The lowest BCUT2D eigenvalue weighted by Gasteiger charge is -2.20. The number of amides is 1. The van der Waals surface area contributed by atoms with Crippen LogP contribution in [-0.4, -0.2) is 47.4 Å². The molecule has 0 spiro atoms. The van der Waals surface area contributed by atoms with Crippen molar-refractivity contribution < 1.29 is 24.5 Å². The van der Waals surface area contributed by atoms with Gasteiger partial charge in [-0.05, 0) is 57.8 Å². The number of aliphatic hydroxyl groups excluding tert-OH is 2. The first-order valence-electron chi connectivity index (χ1n) is 37.1. The van der Waals surface area contributed by atoms with Crippen LogP contribution in [0, 0.1) is 0 Å². The number of hydrogen-bond acceptors (Lipinski definition) is 5. The Bertz CT molecular complexity index is 1270. The number of esters is 1. The minimum atomic E-state index is -0.846. The van der Waals surface area contributed by atoms with Gasteiger partial charge >= 0.3 is 5.97 Å². The average molecular weight is 1140 g/mol. The van der Waals surface area contributed by atoms with Crippen molar-refractivity contribution in [2.75, 3.05) is 13.2 Å². The summed E-state index contributed by atoms with van der Waals surface area (Å²) in [5, 5.41) is 23.3. The maximum atomic E-state index is 12.5. The highest BCUT2D eigenvalue weighted by molar-refractivity contribution is 5.76. The summed E-state index contributed by atoms with van der Waals surface area (Å²) < 4.78 is 5.50. The van der Waals surface area contributed by atoms with Gasteiger partial charge in [-0.2, -0.15) is 0 Å². The summed E-state index contributed by atoms with van der Waals surface area (Å²) >= 11 is 0. The van der Waals surface area contributed by atoms with Gasteiger partial charge in [0, 0.05) is 12.8 Å². The van der Waals surface area contributed by atoms with Crippen LogP contribution in [0.25, 0.3) is 0 Å². The van der Waals surface area contributed by atoms with Crippen LogP contribution in [0.15, 0.2) is 24.3 Å². The van der Waals surface area contributed by atoms with Gasteiger partial charge in [0.15, 0.2) is 0 Å². The Balaban J connectivity index is 3.40. The van der Waals surface area contributed by atoms with E-state index in [1.54, 1.807) is 6.08 Å². The standard InChI is InChI=1S/C75H145NO5/c1-3-5-7-9-11-13-15-17-19-20-21-22-30-33-36-40-43-47-51-55-59-63-67-73(78)72(71-77)76-74(79)68-64-60-56-52-48-44-41-37-34-31-28-26-24-23-25-27-29-32-35-38-42-46-50-54-58-62-66-70-81-75(80)69-65-61-57-53-49-45-39-18-16-14-12-10-8-6-4-2/h23-24,63,67,72-73,77-78H,3-22,25-62,64-66,68-71H2,1-2H3,(H,76,79)/b24-23-,67-63+. The molecule has 3 N–H and O–H groups in total. The molecule has 0 bridgehead atoms. The van der Waals surface area contributed by atoms with Gasteiger partial charge in [-0.1, -0.05) is 372 Å². The monoisotopic (exact) mass is 1140 g/mol. The summed E-state index contributed by atoms with van der Waals surface area (Å²) in [6.45, 7) is 4.95. The fourth-order valence-electron chi connectivity index (χ4n) is 11.8. The molecule has 0 heterocycles. The maximum Gasteiger partial charge on any atom is 0.305 e. The molecule has 6 heteroatoms. The zero-order valence-corrected chi connectivity index (χ0v) is 55.0. The second kappa shape index (κ2) is 70.8. The van der Waals surface area contributed by atoms with Crippen LogP contribution in [0.3, 0.4) is 0 Å². The van der Waals surface area contributed by atoms with Gasteiger partial charge in [0.2, 0.25) is 5.91 Å². The van der Waals surface area contributed by atoms with Crippen molar-refractivity contribution >= 4 is 11.9 Å². The molecule has 0 aliphatic rings. The number of carbonyl (C=O) groups excluding carboxylic acids is 2. The molecule has 0 fully saturated rings. The highest BCUT2D eigenvalue weighted by atomic mass is 16.5. The van der Waals surface area contributed by atoms with Crippen LogP contribution >= 0.6 is 0 Å². The van der Waals surface area contributed by atoms with E-state index < -0.39 is 12.1 Å². The summed E-state index contributed by atoms with van der Waals surface area (Å²) in [6.07, 6.45) is 89.8. The number of aliphatic hydroxyl groups is 2. The maximum absolute atomic E-state index is 12.5. The van der Waals surface area contributed by atoms with E-state index in [2.05, 4.69) is 31.3 Å². The lowest BCUT2D eigenvalue weighted by atomic mass is 10.0. The van der Waals surface area contributed by atoms with Gasteiger partial charge in [-0.15, -0.1) is 0 Å². The molecule has 2 atom stereocenters. The van der Waals surface area contributed by atoms with Crippen LogP contribution in [0.5, 0.6) is 0 Å². The topological polar surface area (TPSA) is 95.9 Å². The molecule has 0 radical (unpaired) electrons. The van der Waals surface area contributed by atoms with Crippen molar-refractivity contribution in [1.82, 2.24) is 5.32 Å². The summed E-state index contributed by atoms with van der Waals surface area (Å²) in [5.41, 5.74) is 0. The van der Waals surface area contributed by atoms with Crippen LogP contribution in [0.2, 0.25) is 0 Å². The van der Waals surface area contributed by atoms with E-state index in [1.165, 1.54) is 353 Å². The highest BCUT2D eigenvalue weighted by Gasteiger charge is 2.18.